The van der Waals surface area contributed by atoms with E-state index in [1.807, 2.05) is 88.5 Å². The van der Waals surface area contributed by atoms with E-state index < -0.39 is 38.1 Å². The average molecular weight is 472 g/mol. The first-order chi connectivity index (χ1) is 15.1. The number of ether oxygens (including phenoxy) is 1. The second-order valence-electron chi connectivity index (χ2n) is 10.4. The highest BCUT2D eigenvalue weighted by molar-refractivity contribution is 6.75. The summed E-state index contributed by atoms with van der Waals surface area (Å²) in [7, 11) is -2.41. The SMILES string of the molecule is C[C@@H](O)[C@H](NC(=O)OC(C)(C)c1ccc(-c2ccccc2)cc1)C(=O)O[Si](C)(C)C(C)(C)C. The normalized spacial score (nSPS) is 14.2. The lowest BCUT2D eigenvalue weighted by atomic mass is 9.95. The monoisotopic (exact) mass is 471 g/mol. The molecule has 0 spiro atoms. The van der Waals surface area contributed by atoms with E-state index in [-0.39, 0.29) is 5.04 Å². The summed E-state index contributed by atoms with van der Waals surface area (Å²) >= 11 is 0. The van der Waals surface area contributed by atoms with E-state index in [1.54, 1.807) is 13.8 Å². The average Bonchev–Trinajstić information content (AvgIpc) is 2.71. The minimum absolute atomic E-state index is 0.194. The molecule has 0 aliphatic heterocycles. The summed E-state index contributed by atoms with van der Waals surface area (Å²) in [4.78, 5) is 25.4. The molecule has 2 atom stereocenters. The Hall–Kier alpha value is -2.64. The van der Waals surface area contributed by atoms with E-state index >= 15 is 0 Å². The fourth-order valence-electron chi connectivity index (χ4n) is 2.99. The Morgan fingerprint density at radius 2 is 1.42 bits per heavy atom. The van der Waals surface area contributed by atoms with Crippen molar-refractivity contribution < 1.29 is 23.9 Å². The second-order valence-corrected chi connectivity index (χ2v) is 15.1. The highest BCUT2D eigenvalue weighted by Crippen LogP contribution is 2.37. The predicted octanol–water partition coefficient (Wildman–Crippen LogP) is 5.61. The topological polar surface area (TPSA) is 84.9 Å². The Kier molecular flexibility index (Phi) is 8.14. The van der Waals surface area contributed by atoms with Crippen LogP contribution in [0.5, 0.6) is 0 Å². The zero-order valence-electron chi connectivity index (χ0n) is 20.9. The van der Waals surface area contributed by atoms with Crippen LogP contribution in [0.15, 0.2) is 54.6 Å². The lowest BCUT2D eigenvalue weighted by Gasteiger charge is -2.37. The van der Waals surface area contributed by atoms with Gasteiger partial charge in [-0.3, -0.25) is 4.79 Å². The van der Waals surface area contributed by atoms with Gasteiger partial charge in [0, 0.05) is 0 Å². The van der Waals surface area contributed by atoms with Crippen molar-refractivity contribution in [3.63, 3.8) is 0 Å². The zero-order valence-corrected chi connectivity index (χ0v) is 21.9. The number of alkyl carbamates (subject to hydrolysis) is 1. The van der Waals surface area contributed by atoms with E-state index in [0.717, 1.165) is 16.7 Å². The molecule has 0 fully saturated rings. The van der Waals surface area contributed by atoms with E-state index in [1.165, 1.54) is 6.92 Å². The molecule has 33 heavy (non-hydrogen) atoms. The molecular weight excluding hydrogens is 434 g/mol. The summed E-state index contributed by atoms with van der Waals surface area (Å²) in [6.45, 7) is 14.9. The first kappa shape index (κ1) is 26.6. The van der Waals surface area contributed by atoms with Crippen LogP contribution in [0.1, 0.15) is 47.1 Å². The van der Waals surface area contributed by atoms with Crippen molar-refractivity contribution in [3.05, 3.63) is 60.2 Å². The molecule has 7 heteroatoms. The molecule has 0 aromatic heterocycles. The lowest BCUT2D eigenvalue weighted by molar-refractivity contribution is -0.140. The number of nitrogens with one attached hydrogen (secondary N) is 1. The van der Waals surface area contributed by atoms with Crippen molar-refractivity contribution in [2.24, 2.45) is 0 Å². The van der Waals surface area contributed by atoms with Gasteiger partial charge in [-0.15, -0.1) is 0 Å². The maximum absolute atomic E-state index is 12.8. The molecule has 0 radical (unpaired) electrons. The maximum atomic E-state index is 12.8. The van der Waals surface area contributed by atoms with Crippen LogP contribution in [-0.4, -0.2) is 37.6 Å². The Morgan fingerprint density at radius 1 is 0.909 bits per heavy atom. The van der Waals surface area contributed by atoms with Gasteiger partial charge in [-0.1, -0.05) is 75.4 Å². The third-order valence-electron chi connectivity index (χ3n) is 6.21. The van der Waals surface area contributed by atoms with Gasteiger partial charge in [0.15, 0.2) is 6.04 Å². The molecule has 2 aromatic carbocycles. The molecule has 2 N–H and O–H groups in total. The molecule has 0 unspecified atom stereocenters. The first-order valence-corrected chi connectivity index (χ1v) is 14.1. The minimum atomic E-state index is -2.41. The third-order valence-corrected chi connectivity index (χ3v) is 10.5. The van der Waals surface area contributed by atoms with Gasteiger partial charge in [0.05, 0.1) is 6.10 Å². The molecule has 0 heterocycles. The smallest absolute Gasteiger partial charge is 0.408 e. The number of aliphatic hydroxyl groups excluding tert-OH is 1. The molecule has 0 saturated heterocycles. The van der Waals surface area contributed by atoms with Crippen LogP contribution in [0.4, 0.5) is 4.79 Å². The lowest BCUT2D eigenvalue weighted by Crippen LogP contribution is -2.54. The number of rotatable bonds is 7. The molecule has 0 aliphatic carbocycles. The van der Waals surface area contributed by atoms with Gasteiger partial charge in [-0.05, 0) is 55.6 Å². The largest absolute Gasteiger partial charge is 0.518 e. The standard InChI is InChI=1S/C26H37NO5Si/c1-18(28)22(23(29)32-33(7,8)25(2,3)4)27-24(30)31-26(5,6)21-16-14-20(15-17-21)19-12-10-9-11-13-19/h9-18,22,28H,1-8H3,(H,27,30)/t18-,22+/m1/s1. The summed E-state index contributed by atoms with van der Waals surface area (Å²) < 4.78 is 11.4. The Morgan fingerprint density at radius 3 is 1.91 bits per heavy atom. The van der Waals surface area contributed by atoms with Gasteiger partial charge < -0.3 is 19.6 Å². The fraction of sp³-hybridized carbons (Fsp3) is 0.462. The van der Waals surface area contributed by atoms with Crippen LogP contribution in [0.25, 0.3) is 11.1 Å². The molecule has 180 valence electrons. The van der Waals surface area contributed by atoms with Crippen LogP contribution < -0.4 is 5.32 Å². The van der Waals surface area contributed by atoms with Gasteiger partial charge in [-0.25, -0.2) is 4.79 Å². The van der Waals surface area contributed by atoms with Crippen molar-refractivity contribution in [2.75, 3.05) is 0 Å². The van der Waals surface area contributed by atoms with E-state index in [4.69, 9.17) is 9.16 Å². The minimum Gasteiger partial charge on any atom is -0.518 e. The molecule has 0 aliphatic rings. The van der Waals surface area contributed by atoms with Crippen molar-refractivity contribution in [3.8, 4) is 11.1 Å². The Labute approximate surface area is 198 Å². The van der Waals surface area contributed by atoms with Crippen molar-refractivity contribution in [1.82, 2.24) is 5.32 Å². The van der Waals surface area contributed by atoms with Gasteiger partial charge >= 0.3 is 12.1 Å². The van der Waals surface area contributed by atoms with Crippen LogP contribution in [-0.2, 0) is 19.6 Å². The van der Waals surface area contributed by atoms with Crippen molar-refractivity contribution in [2.45, 2.75) is 77.4 Å². The highest BCUT2D eigenvalue weighted by Gasteiger charge is 2.43. The van der Waals surface area contributed by atoms with Crippen molar-refractivity contribution >= 4 is 20.4 Å². The number of benzene rings is 2. The molecule has 2 rings (SSSR count). The number of hydrogen-bond acceptors (Lipinski definition) is 5. The number of carbonyl (C=O) groups excluding carboxylic acids is 2. The number of aliphatic hydroxyl groups is 1. The summed E-state index contributed by atoms with van der Waals surface area (Å²) in [5.74, 6) is -0.654. The van der Waals surface area contributed by atoms with Crippen LogP contribution in [0, 0.1) is 0 Å². The van der Waals surface area contributed by atoms with Crippen LogP contribution >= 0.6 is 0 Å². The van der Waals surface area contributed by atoms with E-state index in [9.17, 15) is 14.7 Å². The van der Waals surface area contributed by atoms with Crippen molar-refractivity contribution in [1.29, 1.82) is 0 Å². The number of carbonyl (C=O) groups is 2. The second kappa shape index (κ2) is 10.1. The zero-order chi connectivity index (χ0) is 25.0. The van der Waals surface area contributed by atoms with Gasteiger partial charge in [0.25, 0.3) is 8.32 Å². The van der Waals surface area contributed by atoms with Gasteiger partial charge in [-0.2, -0.15) is 0 Å². The molecule has 6 nitrogen and oxygen atoms in total. The summed E-state index contributed by atoms with van der Waals surface area (Å²) in [5, 5.41) is 12.4. The number of hydrogen-bond donors (Lipinski definition) is 2. The van der Waals surface area contributed by atoms with Crippen LogP contribution in [0.3, 0.4) is 0 Å². The summed E-state index contributed by atoms with van der Waals surface area (Å²) in [5.41, 5.74) is 2.00. The molecule has 0 bridgehead atoms. The third kappa shape index (κ3) is 6.92. The van der Waals surface area contributed by atoms with Gasteiger partial charge in [0.1, 0.15) is 5.60 Å². The van der Waals surface area contributed by atoms with E-state index in [0.29, 0.717) is 0 Å². The fourth-order valence-corrected chi connectivity index (χ4v) is 3.92. The highest BCUT2D eigenvalue weighted by atomic mass is 28.4. The predicted molar refractivity (Wildman–Crippen MR) is 133 cm³/mol. The van der Waals surface area contributed by atoms with Gasteiger partial charge in [0.2, 0.25) is 0 Å². The summed E-state index contributed by atoms with van der Waals surface area (Å²) in [6.07, 6.45) is -1.94. The Balaban J connectivity index is 2.09. The summed E-state index contributed by atoms with van der Waals surface area (Å²) in [6, 6.07) is 16.5. The Bertz CT molecular complexity index is 947. The quantitative estimate of drug-likeness (QED) is 0.513. The first-order valence-electron chi connectivity index (χ1n) is 11.2. The van der Waals surface area contributed by atoms with E-state index in [2.05, 4.69) is 5.32 Å². The molecule has 1 amide bonds. The molecular formula is C26H37NO5Si. The number of amides is 1. The molecule has 2 aromatic rings. The van der Waals surface area contributed by atoms with Crippen LogP contribution in [0.2, 0.25) is 18.1 Å². The maximum Gasteiger partial charge on any atom is 0.408 e. The molecule has 0 saturated carbocycles.